The van der Waals surface area contributed by atoms with E-state index in [4.69, 9.17) is 11.6 Å². The van der Waals surface area contributed by atoms with E-state index in [2.05, 4.69) is 20.9 Å². The smallest absolute Gasteiger partial charge is 0.262 e. The molecule has 0 saturated carbocycles. The number of imide groups is 1. The molecule has 2 aromatic carbocycles. The first-order chi connectivity index (χ1) is 16.3. The van der Waals surface area contributed by atoms with Crippen molar-refractivity contribution in [1.29, 1.82) is 0 Å². The summed E-state index contributed by atoms with van der Waals surface area (Å²) in [4.78, 5) is 54.1. The van der Waals surface area contributed by atoms with Gasteiger partial charge in [-0.2, -0.15) is 0 Å². The van der Waals surface area contributed by atoms with Gasteiger partial charge in [0.25, 0.3) is 5.56 Å². The number of anilines is 1. The molecule has 0 radical (unpaired) electrons. The van der Waals surface area contributed by atoms with E-state index in [1.54, 1.807) is 37.3 Å². The zero-order valence-electron chi connectivity index (χ0n) is 18.6. The van der Waals surface area contributed by atoms with Gasteiger partial charge in [-0.1, -0.05) is 23.7 Å². The third-order valence-corrected chi connectivity index (χ3v) is 5.98. The van der Waals surface area contributed by atoms with Crippen molar-refractivity contribution in [2.45, 2.75) is 32.2 Å². The molecule has 3 N–H and O–H groups in total. The average molecular weight is 482 g/mol. The Labute approximate surface area is 200 Å². The van der Waals surface area contributed by atoms with Gasteiger partial charge in [-0.05, 0) is 55.7 Å². The molecule has 1 aliphatic rings. The number of benzene rings is 2. The predicted molar refractivity (Wildman–Crippen MR) is 129 cm³/mol. The van der Waals surface area contributed by atoms with Gasteiger partial charge >= 0.3 is 0 Å². The first-order valence-corrected chi connectivity index (χ1v) is 11.3. The molecule has 1 atom stereocenters. The number of fused-ring (bicyclic) bond motifs is 1. The molecule has 9 nitrogen and oxygen atoms in total. The lowest BCUT2D eigenvalue weighted by Gasteiger charge is -2.24. The lowest BCUT2D eigenvalue weighted by atomic mass is 10.0. The fraction of sp³-hybridized carbons (Fsp3) is 0.292. The van der Waals surface area contributed by atoms with Crippen LogP contribution in [0.25, 0.3) is 10.9 Å². The molecule has 34 heavy (non-hydrogen) atoms. The van der Waals surface area contributed by atoms with Crippen molar-refractivity contribution in [3.8, 4) is 0 Å². The molecule has 1 aliphatic heterocycles. The van der Waals surface area contributed by atoms with Crippen molar-refractivity contribution in [1.82, 2.24) is 20.2 Å². The van der Waals surface area contributed by atoms with Crippen molar-refractivity contribution >= 4 is 45.9 Å². The average Bonchev–Trinajstić information content (AvgIpc) is 2.80. The number of hydrogen-bond donors (Lipinski definition) is 3. The van der Waals surface area contributed by atoms with Crippen LogP contribution in [0.1, 0.15) is 30.3 Å². The van der Waals surface area contributed by atoms with Crippen LogP contribution in [0.5, 0.6) is 0 Å². The summed E-state index contributed by atoms with van der Waals surface area (Å²) >= 11 is 5.86. The number of halogens is 1. The molecule has 1 saturated heterocycles. The van der Waals surface area contributed by atoms with Gasteiger partial charge in [-0.15, -0.1) is 0 Å². The Balaban J connectivity index is 1.48. The zero-order valence-corrected chi connectivity index (χ0v) is 19.3. The minimum atomic E-state index is -0.784. The number of rotatable bonds is 7. The molecule has 1 aromatic heterocycles. The summed E-state index contributed by atoms with van der Waals surface area (Å²) in [6.45, 7) is 2.09. The van der Waals surface area contributed by atoms with Crippen LogP contribution in [0.3, 0.4) is 0 Å². The number of amides is 3. The van der Waals surface area contributed by atoms with Crippen LogP contribution in [-0.4, -0.2) is 40.4 Å². The third-order valence-electron chi connectivity index (χ3n) is 5.73. The van der Waals surface area contributed by atoms with Crippen LogP contribution in [0.15, 0.2) is 47.3 Å². The fourth-order valence-electron chi connectivity index (χ4n) is 4.08. The van der Waals surface area contributed by atoms with E-state index < -0.39 is 11.9 Å². The van der Waals surface area contributed by atoms with Gasteiger partial charge in [-0.3, -0.25) is 29.1 Å². The maximum Gasteiger partial charge on any atom is 0.262 e. The fourth-order valence-corrected chi connectivity index (χ4v) is 4.20. The Morgan fingerprint density at radius 2 is 1.94 bits per heavy atom. The number of nitrogens with zero attached hydrogens (tertiary/aromatic N) is 2. The van der Waals surface area contributed by atoms with Gasteiger partial charge in [0, 0.05) is 23.7 Å². The Morgan fingerprint density at radius 1 is 1.18 bits per heavy atom. The van der Waals surface area contributed by atoms with Crippen LogP contribution >= 0.6 is 11.6 Å². The van der Waals surface area contributed by atoms with Gasteiger partial charge in [0.1, 0.15) is 11.9 Å². The highest BCUT2D eigenvalue weighted by molar-refractivity contribution is 6.30. The molecule has 0 spiro atoms. The van der Waals surface area contributed by atoms with E-state index in [1.807, 2.05) is 12.1 Å². The monoisotopic (exact) mass is 481 g/mol. The van der Waals surface area contributed by atoms with Crippen molar-refractivity contribution in [3.63, 3.8) is 0 Å². The summed E-state index contributed by atoms with van der Waals surface area (Å²) in [7, 11) is 0. The maximum atomic E-state index is 13.4. The highest BCUT2D eigenvalue weighted by Gasteiger charge is 2.30. The second kappa shape index (κ2) is 10.0. The van der Waals surface area contributed by atoms with Crippen molar-refractivity contribution in [3.05, 3.63) is 69.2 Å². The van der Waals surface area contributed by atoms with Crippen LogP contribution in [0.4, 0.5) is 5.69 Å². The van der Waals surface area contributed by atoms with Crippen molar-refractivity contribution < 1.29 is 14.4 Å². The number of carbonyl (C=O) groups is 3. The van der Waals surface area contributed by atoms with Gasteiger partial charge < -0.3 is 10.6 Å². The third kappa shape index (κ3) is 5.09. The Bertz CT molecular complexity index is 1320. The molecule has 0 bridgehead atoms. The minimum Gasteiger partial charge on any atom is -0.376 e. The van der Waals surface area contributed by atoms with E-state index in [0.717, 1.165) is 11.3 Å². The molecule has 0 aliphatic carbocycles. The SMILES string of the molecule is Cc1nc2cccc(CCNC(=O)CNc3ccc(Cl)cc3)c2c(=O)n1C1CCC(=O)NC1=O. The van der Waals surface area contributed by atoms with E-state index in [9.17, 15) is 19.2 Å². The first-order valence-electron chi connectivity index (χ1n) is 10.9. The summed E-state index contributed by atoms with van der Waals surface area (Å²) in [5.41, 5.74) is 1.70. The highest BCUT2D eigenvalue weighted by atomic mass is 35.5. The van der Waals surface area contributed by atoms with Crippen LogP contribution in [0, 0.1) is 6.92 Å². The van der Waals surface area contributed by atoms with Gasteiger partial charge in [0.2, 0.25) is 17.7 Å². The molecule has 4 rings (SSSR count). The quantitative estimate of drug-likeness (QED) is 0.444. The summed E-state index contributed by atoms with van der Waals surface area (Å²) in [5.74, 6) is -0.626. The lowest BCUT2D eigenvalue weighted by Crippen LogP contribution is -2.45. The minimum absolute atomic E-state index is 0.0975. The number of piperidine rings is 1. The molecule has 3 amide bonds. The summed E-state index contributed by atoms with van der Waals surface area (Å²) in [6.07, 6.45) is 0.828. The topological polar surface area (TPSA) is 122 Å². The number of carbonyl (C=O) groups excluding carboxylic acids is 3. The van der Waals surface area contributed by atoms with Crippen LogP contribution < -0.4 is 21.5 Å². The molecular weight excluding hydrogens is 458 g/mol. The maximum absolute atomic E-state index is 13.4. The summed E-state index contributed by atoms with van der Waals surface area (Å²) < 4.78 is 1.36. The standard InChI is InChI=1S/C24H24ClN5O4/c1-14-28-18-4-2-3-15(11-12-26-21(32)13-27-17-7-5-16(25)6-8-17)22(18)24(34)30(14)19-9-10-20(31)29-23(19)33/h2-8,19,27H,9-13H2,1H3,(H,26,32)(H,29,31,33). The number of hydrogen-bond acceptors (Lipinski definition) is 6. The Kier molecular flexibility index (Phi) is 6.93. The molecule has 10 heteroatoms. The van der Waals surface area contributed by atoms with E-state index >= 15 is 0 Å². The number of aryl methyl sites for hydroxylation is 1. The molecule has 1 unspecified atom stereocenters. The number of nitrogens with one attached hydrogen (secondary N) is 3. The second-order valence-corrected chi connectivity index (χ2v) is 8.51. The van der Waals surface area contributed by atoms with Crippen molar-refractivity contribution in [2.24, 2.45) is 0 Å². The lowest BCUT2D eigenvalue weighted by molar-refractivity contribution is -0.135. The van der Waals surface area contributed by atoms with E-state index in [-0.39, 0.29) is 36.8 Å². The number of aromatic nitrogens is 2. The predicted octanol–water partition coefficient (Wildman–Crippen LogP) is 2.11. The van der Waals surface area contributed by atoms with Gasteiger partial charge in [0.15, 0.2) is 0 Å². The first kappa shape index (κ1) is 23.4. The largest absolute Gasteiger partial charge is 0.376 e. The second-order valence-electron chi connectivity index (χ2n) is 8.07. The summed E-state index contributed by atoms with van der Waals surface area (Å²) in [5, 5.41) is 9.18. The molecule has 176 valence electrons. The van der Waals surface area contributed by atoms with E-state index in [1.165, 1.54) is 4.57 Å². The van der Waals surface area contributed by atoms with E-state index in [0.29, 0.717) is 34.7 Å². The molecular formula is C24H24ClN5O4. The van der Waals surface area contributed by atoms with Gasteiger partial charge in [-0.25, -0.2) is 4.98 Å². The zero-order chi connectivity index (χ0) is 24.2. The Hall–Kier alpha value is -3.72. The Morgan fingerprint density at radius 3 is 2.68 bits per heavy atom. The van der Waals surface area contributed by atoms with Crippen LogP contribution in [0.2, 0.25) is 5.02 Å². The molecule has 1 fully saturated rings. The van der Waals surface area contributed by atoms with Gasteiger partial charge in [0.05, 0.1) is 17.4 Å². The normalized spacial score (nSPS) is 15.8. The van der Waals surface area contributed by atoms with Crippen molar-refractivity contribution in [2.75, 3.05) is 18.4 Å². The summed E-state index contributed by atoms with van der Waals surface area (Å²) in [6, 6.07) is 11.6. The molecule has 2 heterocycles. The highest BCUT2D eigenvalue weighted by Crippen LogP contribution is 2.21. The molecule has 3 aromatic rings. The van der Waals surface area contributed by atoms with Crippen LogP contribution in [-0.2, 0) is 20.8 Å².